The van der Waals surface area contributed by atoms with Crippen LogP contribution in [0.4, 0.5) is 5.69 Å². The minimum atomic E-state index is -0.0333. The van der Waals surface area contributed by atoms with Gasteiger partial charge in [-0.3, -0.25) is 14.7 Å². The second kappa shape index (κ2) is 6.63. The van der Waals surface area contributed by atoms with Crippen molar-refractivity contribution in [2.75, 3.05) is 31.1 Å². The van der Waals surface area contributed by atoms with E-state index in [1.807, 2.05) is 53.4 Å². The molecule has 1 amide bonds. The van der Waals surface area contributed by atoms with Crippen molar-refractivity contribution >= 4 is 28.3 Å². The molecule has 6 nitrogen and oxygen atoms in total. The van der Waals surface area contributed by atoms with Gasteiger partial charge in [-0.1, -0.05) is 18.2 Å². The van der Waals surface area contributed by atoms with Crippen molar-refractivity contribution < 1.29 is 9.59 Å². The summed E-state index contributed by atoms with van der Waals surface area (Å²) in [7, 11) is 0. The van der Waals surface area contributed by atoms with Gasteiger partial charge >= 0.3 is 0 Å². The third-order valence-corrected chi connectivity index (χ3v) is 4.88. The van der Waals surface area contributed by atoms with Gasteiger partial charge in [-0.2, -0.15) is 5.10 Å². The highest BCUT2D eigenvalue weighted by Crippen LogP contribution is 2.20. The number of aromatic nitrogens is 2. The van der Waals surface area contributed by atoms with E-state index in [0.29, 0.717) is 24.3 Å². The second-order valence-corrected chi connectivity index (χ2v) is 6.50. The highest BCUT2D eigenvalue weighted by atomic mass is 16.2. The summed E-state index contributed by atoms with van der Waals surface area (Å²) in [6, 6.07) is 15.3. The summed E-state index contributed by atoms with van der Waals surface area (Å²) in [4.78, 5) is 28.3. The lowest BCUT2D eigenvalue weighted by molar-refractivity contribution is 0.0742. The molecule has 1 N–H and O–H groups in total. The van der Waals surface area contributed by atoms with Crippen LogP contribution in [-0.4, -0.2) is 53.0 Å². The summed E-state index contributed by atoms with van der Waals surface area (Å²) in [5.41, 5.74) is 3.15. The van der Waals surface area contributed by atoms with Gasteiger partial charge in [0.15, 0.2) is 11.5 Å². The van der Waals surface area contributed by atoms with Crippen molar-refractivity contribution in [3.8, 4) is 0 Å². The lowest BCUT2D eigenvalue weighted by atomic mass is 10.1. The van der Waals surface area contributed by atoms with E-state index in [9.17, 15) is 9.59 Å². The van der Waals surface area contributed by atoms with E-state index in [1.165, 1.54) is 0 Å². The maximum absolute atomic E-state index is 12.8. The van der Waals surface area contributed by atoms with Crippen molar-refractivity contribution in [2.24, 2.45) is 0 Å². The predicted molar refractivity (Wildman–Crippen MR) is 101 cm³/mol. The monoisotopic (exact) mass is 348 g/mol. The molecule has 2 aromatic carbocycles. The molecule has 1 aromatic heterocycles. The Morgan fingerprint density at radius 1 is 0.962 bits per heavy atom. The topological polar surface area (TPSA) is 69.3 Å². The Hall–Kier alpha value is -3.15. The molecule has 0 saturated carbocycles. The summed E-state index contributed by atoms with van der Waals surface area (Å²) in [5.74, 6) is 0.0345. The number of ketones is 1. The summed E-state index contributed by atoms with van der Waals surface area (Å²) >= 11 is 0. The van der Waals surface area contributed by atoms with E-state index in [0.717, 1.165) is 29.7 Å². The molecule has 0 bridgehead atoms. The van der Waals surface area contributed by atoms with Crippen molar-refractivity contribution in [2.45, 2.75) is 6.92 Å². The van der Waals surface area contributed by atoms with Gasteiger partial charge in [0.05, 0.1) is 5.52 Å². The number of carbonyl (C=O) groups is 2. The molecule has 0 unspecified atom stereocenters. The average Bonchev–Trinajstić information content (AvgIpc) is 3.12. The number of piperazine rings is 1. The van der Waals surface area contributed by atoms with E-state index in [1.54, 1.807) is 6.92 Å². The van der Waals surface area contributed by atoms with E-state index < -0.39 is 0 Å². The number of nitrogens with one attached hydrogen (secondary N) is 1. The summed E-state index contributed by atoms with van der Waals surface area (Å²) < 4.78 is 0. The fourth-order valence-electron chi connectivity index (χ4n) is 3.35. The zero-order valence-corrected chi connectivity index (χ0v) is 14.6. The molecule has 2 heterocycles. The normalized spacial score (nSPS) is 14.7. The highest BCUT2D eigenvalue weighted by molar-refractivity contribution is 6.04. The van der Waals surface area contributed by atoms with Crippen molar-refractivity contribution in [1.82, 2.24) is 15.1 Å². The van der Waals surface area contributed by atoms with Gasteiger partial charge in [-0.25, -0.2) is 0 Å². The van der Waals surface area contributed by atoms with Crippen LogP contribution in [0.25, 0.3) is 10.9 Å². The van der Waals surface area contributed by atoms with Crippen LogP contribution in [0.3, 0.4) is 0 Å². The first-order valence-corrected chi connectivity index (χ1v) is 8.72. The quantitative estimate of drug-likeness (QED) is 0.739. The third kappa shape index (κ3) is 2.94. The van der Waals surface area contributed by atoms with E-state index >= 15 is 0 Å². The SMILES string of the molecule is CC(=O)c1ccc(N2CCN(C(=O)c3n[nH]c4ccccc34)CC2)cc1. The molecule has 1 fully saturated rings. The van der Waals surface area contributed by atoms with Crippen molar-refractivity contribution in [3.05, 3.63) is 59.8 Å². The smallest absolute Gasteiger partial charge is 0.275 e. The molecule has 0 spiro atoms. The number of carbonyl (C=O) groups excluding carboxylic acids is 2. The van der Waals surface area contributed by atoms with Gasteiger partial charge in [-0.05, 0) is 37.3 Å². The average molecular weight is 348 g/mol. The first-order chi connectivity index (χ1) is 12.6. The minimum Gasteiger partial charge on any atom is -0.368 e. The van der Waals surface area contributed by atoms with E-state index in [2.05, 4.69) is 15.1 Å². The Bertz CT molecular complexity index is 953. The van der Waals surface area contributed by atoms with Crippen LogP contribution in [-0.2, 0) is 0 Å². The first kappa shape index (κ1) is 16.3. The van der Waals surface area contributed by atoms with Crippen LogP contribution in [0.15, 0.2) is 48.5 Å². The summed E-state index contributed by atoms with van der Waals surface area (Å²) in [6.45, 7) is 4.38. The Labute approximate surface area is 151 Å². The van der Waals surface area contributed by atoms with Gasteiger partial charge < -0.3 is 9.80 Å². The van der Waals surface area contributed by atoms with Gasteiger partial charge in [0.25, 0.3) is 5.91 Å². The molecule has 6 heteroatoms. The Morgan fingerprint density at radius 3 is 2.35 bits per heavy atom. The molecule has 1 aliphatic heterocycles. The number of fused-ring (bicyclic) bond motifs is 1. The Balaban J connectivity index is 1.44. The third-order valence-electron chi connectivity index (χ3n) is 4.88. The van der Waals surface area contributed by atoms with Gasteiger partial charge in [-0.15, -0.1) is 0 Å². The number of hydrogen-bond donors (Lipinski definition) is 1. The predicted octanol–water partition coefficient (Wildman–Crippen LogP) is 2.73. The lowest BCUT2D eigenvalue weighted by Gasteiger charge is -2.35. The molecule has 0 radical (unpaired) electrons. The molecular formula is C20H20N4O2. The maximum Gasteiger partial charge on any atom is 0.275 e. The second-order valence-electron chi connectivity index (χ2n) is 6.50. The number of H-pyrrole nitrogens is 1. The van der Waals surface area contributed by atoms with Crippen molar-refractivity contribution in [1.29, 1.82) is 0 Å². The number of benzene rings is 2. The molecule has 26 heavy (non-hydrogen) atoms. The zero-order valence-electron chi connectivity index (χ0n) is 14.6. The molecule has 132 valence electrons. The standard InChI is InChI=1S/C20H20N4O2/c1-14(25)15-6-8-16(9-7-15)23-10-12-24(13-11-23)20(26)19-17-4-2-3-5-18(17)21-22-19/h2-9H,10-13H2,1H3,(H,21,22). The molecule has 0 atom stereocenters. The molecule has 3 aromatic rings. The fraction of sp³-hybridized carbons (Fsp3) is 0.250. The zero-order chi connectivity index (χ0) is 18.1. The number of para-hydroxylation sites is 1. The first-order valence-electron chi connectivity index (χ1n) is 8.72. The number of anilines is 1. The molecule has 4 rings (SSSR count). The number of hydrogen-bond acceptors (Lipinski definition) is 4. The van der Waals surface area contributed by atoms with Crippen LogP contribution in [0.5, 0.6) is 0 Å². The maximum atomic E-state index is 12.8. The number of rotatable bonds is 3. The van der Waals surface area contributed by atoms with Crippen LogP contribution in [0, 0.1) is 0 Å². The van der Waals surface area contributed by atoms with Crippen LogP contribution < -0.4 is 4.90 Å². The van der Waals surface area contributed by atoms with Crippen LogP contribution in [0.2, 0.25) is 0 Å². The van der Waals surface area contributed by atoms with E-state index in [4.69, 9.17) is 0 Å². The highest BCUT2D eigenvalue weighted by Gasteiger charge is 2.25. The number of aromatic amines is 1. The Morgan fingerprint density at radius 2 is 1.65 bits per heavy atom. The van der Waals surface area contributed by atoms with Gasteiger partial charge in [0, 0.05) is 42.8 Å². The fourth-order valence-corrected chi connectivity index (χ4v) is 3.35. The number of nitrogens with zero attached hydrogens (tertiary/aromatic N) is 3. The summed E-state index contributed by atoms with van der Waals surface area (Å²) in [5, 5.41) is 7.99. The molecule has 1 saturated heterocycles. The molecule has 1 aliphatic rings. The largest absolute Gasteiger partial charge is 0.368 e. The minimum absolute atomic E-state index is 0.0333. The van der Waals surface area contributed by atoms with Crippen LogP contribution >= 0.6 is 0 Å². The van der Waals surface area contributed by atoms with Gasteiger partial charge in [0.2, 0.25) is 0 Å². The Kier molecular flexibility index (Phi) is 4.16. The van der Waals surface area contributed by atoms with Crippen LogP contribution in [0.1, 0.15) is 27.8 Å². The number of amides is 1. The lowest BCUT2D eigenvalue weighted by Crippen LogP contribution is -2.48. The summed E-state index contributed by atoms with van der Waals surface area (Å²) in [6.07, 6.45) is 0. The van der Waals surface area contributed by atoms with Crippen molar-refractivity contribution in [3.63, 3.8) is 0 Å². The molecule has 0 aliphatic carbocycles. The number of Topliss-reactive ketones (excluding diaryl/α,β-unsaturated/α-hetero) is 1. The molecular weight excluding hydrogens is 328 g/mol. The van der Waals surface area contributed by atoms with Gasteiger partial charge in [0.1, 0.15) is 0 Å². The van der Waals surface area contributed by atoms with E-state index in [-0.39, 0.29) is 11.7 Å².